The smallest absolute Gasteiger partial charge is 0.180 e. The van der Waals surface area contributed by atoms with Gasteiger partial charge in [-0.1, -0.05) is 19.6 Å². The summed E-state index contributed by atoms with van der Waals surface area (Å²) in [6.07, 6.45) is 9.67. The summed E-state index contributed by atoms with van der Waals surface area (Å²) >= 11 is 1.56. The predicted octanol–water partition coefficient (Wildman–Crippen LogP) is 6.60. The fourth-order valence-electron chi connectivity index (χ4n) is 2.92. The van der Waals surface area contributed by atoms with Gasteiger partial charge in [0.1, 0.15) is 17.7 Å². The number of hydrogen-bond acceptors (Lipinski definition) is 5. The van der Waals surface area contributed by atoms with E-state index in [0.717, 1.165) is 29.7 Å². The van der Waals surface area contributed by atoms with Crippen LogP contribution in [0.3, 0.4) is 0 Å². The average molecular weight is 444 g/mol. The number of ether oxygens (including phenoxy) is 1. The number of allylic oxidation sites excluding steroid dienone is 4. The van der Waals surface area contributed by atoms with Crippen LogP contribution in [0.2, 0.25) is 0 Å². The molecule has 1 aromatic heterocycles. The van der Waals surface area contributed by atoms with Crippen LogP contribution in [0.15, 0.2) is 63.5 Å². The van der Waals surface area contributed by atoms with E-state index < -0.39 is 18.1 Å². The van der Waals surface area contributed by atoms with Gasteiger partial charge in [0.2, 0.25) is 0 Å². The van der Waals surface area contributed by atoms with Crippen molar-refractivity contribution in [3.05, 3.63) is 70.4 Å². The van der Waals surface area contributed by atoms with Crippen LogP contribution in [0.1, 0.15) is 51.0 Å². The fourth-order valence-corrected chi connectivity index (χ4v) is 3.77. The van der Waals surface area contributed by atoms with Gasteiger partial charge in [-0.25, -0.2) is 8.78 Å². The Labute approximate surface area is 186 Å². The second-order valence-corrected chi connectivity index (χ2v) is 8.77. The van der Waals surface area contributed by atoms with Crippen LogP contribution in [0.5, 0.6) is 0 Å². The maximum absolute atomic E-state index is 14.4. The zero-order valence-corrected chi connectivity index (χ0v) is 18.8. The van der Waals surface area contributed by atoms with Gasteiger partial charge in [0.25, 0.3) is 0 Å². The Balaban J connectivity index is 1.96. The van der Waals surface area contributed by atoms with E-state index in [1.165, 1.54) is 12.2 Å². The first-order chi connectivity index (χ1) is 14.9. The summed E-state index contributed by atoms with van der Waals surface area (Å²) in [7, 11) is 0. The summed E-state index contributed by atoms with van der Waals surface area (Å²) in [6.45, 7) is 9.23. The molecule has 2 aliphatic carbocycles. The van der Waals surface area contributed by atoms with Crippen LogP contribution in [0, 0.1) is 11.7 Å². The van der Waals surface area contributed by atoms with Gasteiger partial charge in [-0.15, -0.1) is 11.8 Å². The molecular weight excluding hydrogens is 416 g/mol. The number of halogens is 2. The van der Waals surface area contributed by atoms with Crippen molar-refractivity contribution in [2.75, 3.05) is 5.75 Å². The molecule has 31 heavy (non-hydrogen) atoms. The lowest BCUT2D eigenvalue weighted by Crippen LogP contribution is -2.15. The van der Waals surface area contributed by atoms with Crippen molar-refractivity contribution in [3.8, 4) is 0 Å². The molecule has 1 aromatic rings. The van der Waals surface area contributed by atoms with E-state index in [1.54, 1.807) is 37.8 Å². The van der Waals surface area contributed by atoms with Crippen LogP contribution in [0.25, 0.3) is 6.08 Å². The molecule has 0 aliphatic heterocycles. The van der Waals surface area contributed by atoms with Crippen molar-refractivity contribution in [3.63, 3.8) is 0 Å². The normalized spacial score (nSPS) is 20.6. The molecule has 0 radical (unpaired) electrons. The number of thioether (sulfide) groups is 1. The molecule has 0 aromatic carbocycles. The third-order valence-corrected chi connectivity index (χ3v) is 5.99. The van der Waals surface area contributed by atoms with Gasteiger partial charge in [-0.2, -0.15) is 10.2 Å². The molecule has 1 heterocycles. The lowest BCUT2D eigenvalue weighted by atomic mass is 10.1. The minimum atomic E-state index is -1.18. The lowest BCUT2D eigenvalue weighted by Gasteiger charge is -2.19. The van der Waals surface area contributed by atoms with E-state index in [-0.39, 0.29) is 0 Å². The van der Waals surface area contributed by atoms with Gasteiger partial charge in [0.05, 0.1) is 17.6 Å². The summed E-state index contributed by atoms with van der Waals surface area (Å²) < 4.78 is 34.6. The Hall–Kier alpha value is -2.54. The minimum absolute atomic E-state index is 0.319. The molecule has 2 aliphatic rings. The third-order valence-electron chi connectivity index (χ3n) is 4.95. The molecular formula is C24H27F2N3OS. The minimum Gasteiger partial charge on any atom is -0.478 e. The van der Waals surface area contributed by atoms with Crippen molar-refractivity contribution in [1.29, 1.82) is 0 Å². The molecule has 3 rings (SSSR count). The van der Waals surface area contributed by atoms with Gasteiger partial charge < -0.3 is 4.74 Å². The molecule has 2 atom stereocenters. The van der Waals surface area contributed by atoms with Crippen LogP contribution in [0.4, 0.5) is 8.78 Å². The van der Waals surface area contributed by atoms with Crippen molar-refractivity contribution in [1.82, 2.24) is 4.98 Å². The van der Waals surface area contributed by atoms with Gasteiger partial charge >= 0.3 is 0 Å². The van der Waals surface area contributed by atoms with E-state index >= 15 is 0 Å². The van der Waals surface area contributed by atoms with Crippen molar-refractivity contribution >= 4 is 29.8 Å². The molecule has 164 valence electrons. The van der Waals surface area contributed by atoms with Crippen LogP contribution in [-0.2, 0) is 4.74 Å². The zero-order valence-electron chi connectivity index (χ0n) is 18.0. The highest BCUT2D eigenvalue weighted by atomic mass is 32.2. The van der Waals surface area contributed by atoms with Crippen molar-refractivity contribution in [2.45, 2.75) is 45.9 Å². The topological polar surface area (TPSA) is 46.8 Å². The first-order valence-corrected chi connectivity index (χ1v) is 11.3. The average Bonchev–Trinajstić information content (AvgIpc) is 3.59. The highest BCUT2D eigenvalue weighted by molar-refractivity contribution is 8.03. The first-order valence-electron chi connectivity index (χ1n) is 10.3. The number of rotatable bonds is 9. The number of pyridine rings is 1. The van der Waals surface area contributed by atoms with Gasteiger partial charge in [0.15, 0.2) is 6.10 Å². The second kappa shape index (κ2) is 10.7. The SMILES string of the molecule is C=Cc1cc(C(OC2=CC(SCC)=C(C)C(F)C=C2)/C(C)=N/N=C\C2CC2)ncc1F. The van der Waals surface area contributed by atoms with Gasteiger partial charge in [0, 0.05) is 16.7 Å². The summed E-state index contributed by atoms with van der Waals surface area (Å²) in [5.74, 6) is 1.31. The maximum Gasteiger partial charge on any atom is 0.180 e. The quantitative estimate of drug-likeness (QED) is 0.319. The molecule has 0 N–H and O–H groups in total. The summed E-state index contributed by atoms with van der Waals surface area (Å²) in [5, 5.41) is 8.46. The molecule has 2 unspecified atom stereocenters. The molecule has 0 saturated heterocycles. The molecule has 0 spiro atoms. The number of nitrogens with zero attached hydrogens (tertiary/aromatic N) is 3. The Morgan fingerprint density at radius 2 is 2.23 bits per heavy atom. The highest BCUT2D eigenvalue weighted by Gasteiger charge is 2.23. The number of hydrogen-bond donors (Lipinski definition) is 0. The largest absolute Gasteiger partial charge is 0.478 e. The van der Waals surface area contributed by atoms with E-state index in [4.69, 9.17) is 4.74 Å². The van der Waals surface area contributed by atoms with Crippen LogP contribution in [-0.4, -0.2) is 28.8 Å². The predicted molar refractivity (Wildman–Crippen MR) is 125 cm³/mol. The number of alkyl halides is 1. The molecule has 1 fully saturated rings. The van der Waals surface area contributed by atoms with E-state index in [9.17, 15) is 8.78 Å². The Morgan fingerprint density at radius 1 is 1.45 bits per heavy atom. The Kier molecular flexibility index (Phi) is 7.96. The summed E-state index contributed by atoms with van der Waals surface area (Å²) in [4.78, 5) is 5.04. The van der Waals surface area contributed by atoms with E-state index in [1.807, 2.05) is 19.2 Å². The van der Waals surface area contributed by atoms with Gasteiger partial charge in [-0.05, 0) is 68.2 Å². The van der Waals surface area contributed by atoms with E-state index in [2.05, 4.69) is 21.8 Å². The molecule has 7 heteroatoms. The first kappa shape index (κ1) is 23.1. The van der Waals surface area contributed by atoms with Crippen LogP contribution >= 0.6 is 11.8 Å². The Morgan fingerprint density at radius 3 is 2.90 bits per heavy atom. The zero-order chi connectivity index (χ0) is 22.4. The number of aromatic nitrogens is 1. The third kappa shape index (κ3) is 6.23. The van der Waals surface area contributed by atoms with E-state index in [0.29, 0.717) is 34.2 Å². The molecule has 1 saturated carbocycles. The monoisotopic (exact) mass is 443 g/mol. The lowest BCUT2D eigenvalue weighted by molar-refractivity contribution is 0.178. The Bertz CT molecular complexity index is 977. The standard InChI is InChI=1S/C24H27F2N3OS/c1-5-18-11-22(27-14-21(18)26)24(16(4)29-28-13-17-7-8-17)30-19-9-10-20(25)15(3)23(12-19)31-6-2/h5,9-14,17,20,24H,1,6-8H2,2-4H3/b28-13-,29-16+. The van der Waals surface area contributed by atoms with Crippen molar-refractivity contribution in [2.24, 2.45) is 16.1 Å². The summed E-state index contributed by atoms with van der Waals surface area (Å²) in [5.41, 5.74) is 2.00. The molecule has 0 bridgehead atoms. The molecule has 4 nitrogen and oxygen atoms in total. The van der Waals surface area contributed by atoms with Crippen LogP contribution < -0.4 is 0 Å². The van der Waals surface area contributed by atoms with Crippen molar-refractivity contribution < 1.29 is 13.5 Å². The maximum atomic E-state index is 14.4. The summed E-state index contributed by atoms with van der Waals surface area (Å²) in [6, 6.07) is 1.58. The molecule has 0 amide bonds. The highest BCUT2D eigenvalue weighted by Crippen LogP contribution is 2.32. The van der Waals surface area contributed by atoms with Gasteiger partial charge in [-0.3, -0.25) is 4.98 Å². The fraction of sp³-hybridized carbons (Fsp3) is 0.375. The second-order valence-electron chi connectivity index (χ2n) is 7.46.